The lowest BCUT2D eigenvalue weighted by Gasteiger charge is -2.09. The number of anilines is 1. The van der Waals surface area contributed by atoms with Crippen LogP contribution in [-0.2, 0) is 6.18 Å². The summed E-state index contributed by atoms with van der Waals surface area (Å²) in [6.45, 7) is 0. The number of benzene rings is 2. The van der Waals surface area contributed by atoms with Gasteiger partial charge < -0.3 is 5.32 Å². The largest absolute Gasteiger partial charge is 0.416 e. The van der Waals surface area contributed by atoms with Crippen molar-refractivity contribution in [1.29, 1.82) is 0 Å². The molecule has 2 aromatic rings. The third-order valence-corrected chi connectivity index (χ3v) is 3.03. The van der Waals surface area contributed by atoms with E-state index in [4.69, 9.17) is 23.2 Å². The Kier molecular flexibility index (Phi) is 4.44. The molecule has 0 aromatic heterocycles. The average molecular weight is 334 g/mol. The van der Waals surface area contributed by atoms with Gasteiger partial charge in [0, 0.05) is 21.3 Å². The normalized spacial score (nSPS) is 11.3. The number of hydrogen-bond acceptors (Lipinski definition) is 1. The number of alkyl halides is 3. The summed E-state index contributed by atoms with van der Waals surface area (Å²) >= 11 is 11.6. The molecule has 21 heavy (non-hydrogen) atoms. The lowest BCUT2D eigenvalue weighted by Crippen LogP contribution is -2.12. The molecular weight excluding hydrogens is 326 g/mol. The van der Waals surface area contributed by atoms with Crippen LogP contribution in [0.2, 0.25) is 10.0 Å². The van der Waals surface area contributed by atoms with E-state index in [0.29, 0.717) is 15.7 Å². The van der Waals surface area contributed by atoms with Gasteiger partial charge in [-0.1, -0.05) is 23.2 Å². The van der Waals surface area contributed by atoms with E-state index in [-0.39, 0.29) is 5.56 Å². The van der Waals surface area contributed by atoms with Crippen molar-refractivity contribution in [2.75, 3.05) is 5.32 Å². The van der Waals surface area contributed by atoms with Crippen molar-refractivity contribution >= 4 is 34.8 Å². The summed E-state index contributed by atoms with van der Waals surface area (Å²) in [4.78, 5) is 11.9. The highest BCUT2D eigenvalue weighted by Gasteiger charge is 2.30. The molecule has 0 aliphatic heterocycles. The van der Waals surface area contributed by atoms with Gasteiger partial charge in [-0.05, 0) is 42.5 Å². The highest BCUT2D eigenvalue weighted by molar-refractivity contribution is 6.35. The van der Waals surface area contributed by atoms with Crippen LogP contribution in [0.4, 0.5) is 18.9 Å². The third-order valence-electron chi connectivity index (χ3n) is 2.59. The number of carbonyl (C=O) groups excluding carboxylic acids is 1. The molecule has 110 valence electrons. The monoisotopic (exact) mass is 333 g/mol. The molecule has 0 aliphatic carbocycles. The Morgan fingerprint density at radius 1 is 0.952 bits per heavy atom. The second-order valence-corrected chi connectivity index (χ2v) is 5.06. The molecule has 0 aliphatic rings. The fourth-order valence-corrected chi connectivity index (χ4v) is 2.17. The molecule has 0 saturated carbocycles. The van der Waals surface area contributed by atoms with Gasteiger partial charge in [0.25, 0.3) is 5.91 Å². The van der Waals surface area contributed by atoms with Crippen LogP contribution in [-0.4, -0.2) is 5.91 Å². The van der Waals surface area contributed by atoms with Gasteiger partial charge in [-0.2, -0.15) is 13.2 Å². The van der Waals surface area contributed by atoms with Crippen molar-refractivity contribution in [1.82, 2.24) is 0 Å². The molecular formula is C14H8Cl2F3NO. The molecule has 0 saturated heterocycles. The van der Waals surface area contributed by atoms with Crippen LogP contribution < -0.4 is 5.32 Å². The first-order chi connectivity index (χ1) is 9.75. The first kappa shape index (κ1) is 15.7. The summed E-state index contributed by atoms with van der Waals surface area (Å²) in [5.74, 6) is -0.554. The fraction of sp³-hybridized carbons (Fsp3) is 0.0714. The molecule has 0 atom stereocenters. The average Bonchev–Trinajstić information content (AvgIpc) is 2.36. The van der Waals surface area contributed by atoms with Crippen LogP contribution in [0.5, 0.6) is 0 Å². The van der Waals surface area contributed by atoms with Gasteiger partial charge in [0.15, 0.2) is 0 Å². The minimum atomic E-state index is -4.44. The first-order valence-electron chi connectivity index (χ1n) is 5.70. The van der Waals surface area contributed by atoms with Gasteiger partial charge in [-0.15, -0.1) is 0 Å². The van der Waals surface area contributed by atoms with Crippen molar-refractivity contribution in [3.8, 4) is 0 Å². The number of halogens is 5. The standard InChI is InChI=1S/C14H8Cl2F3NO/c15-10-5-11(16)7-12(6-10)20-13(21)8-1-3-9(4-2-8)14(17,18)19/h1-7H,(H,20,21). The molecule has 0 fully saturated rings. The van der Waals surface area contributed by atoms with E-state index in [0.717, 1.165) is 24.3 Å². The zero-order chi connectivity index (χ0) is 15.6. The van der Waals surface area contributed by atoms with Crippen molar-refractivity contribution in [3.05, 3.63) is 63.6 Å². The van der Waals surface area contributed by atoms with Crippen molar-refractivity contribution < 1.29 is 18.0 Å². The topological polar surface area (TPSA) is 29.1 Å². The number of hydrogen-bond donors (Lipinski definition) is 1. The van der Waals surface area contributed by atoms with Crippen molar-refractivity contribution in [3.63, 3.8) is 0 Å². The summed E-state index contributed by atoms with van der Waals surface area (Å²) in [5.41, 5.74) is -0.360. The smallest absolute Gasteiger partial charge is 0.322 e. The zero-order valence-electron chi connectivity index (χ0n) is 10.3. The summed E-state index contributed by atoms with van der Waals surface area (Å²) in [7, 11) is 0. The quantitative estimate of drug-likeness (QED) is 0.797. The highest BCUT2D eigenvalue weighted by Crippen LogP contribution is 2.29. The number of rotatable bonds is 2. The number of carbonyl (C=O) groups is 1. The van der Waals surface area contributed by atoms with Crippen LogP contribution in [0, 0.1) is 0 Å². The maximum atomic E-state index is 12.4. The zero-order valence-corrected chi connectivity index (χ0v) is 11.9. The van der Waals surface area contributed by atoms with E-state index in [2.05, 4.69) is 5.32 Å². The molecule has 7 heteroatoms. The van der Waals surface area contributed by atoms with E-state index in [1.807, 2.05) is 0 Å². The van der Waals surface area contributed by atoms with E-state index in [1.165, 1.54) is 18.2 Å². The lowest BCUT2D eigenvalue weighted by molar-refractivity contribution is -0.137. The molecule has 2 rings (SSSR count). The van der Waals surface area contributed by atoms with Crippen LogP contribution >= 0.6 is 23.2 Å². The fourth-order valence-electron chi connectivity index (χ4n) is 1.64. The third kappa shape index (κ3) is 4.12. The van der Waals surface area contributed by atoms with Gasteiger partial charge >= 0.3 is 6.18 Å². The van der Waals surface area contributed by atoms with Crippen LogP contribution in [0.1, 0.15) is 15.9 Å². The predicted octanol–water partition coefficient (Wildman–Crippen LogP) is 5.26. The van der Waals surface area contributed by atoms with E-state index in [1.54, 1.807) is 0 Å². The predicted molar refractivity (Wildman–Crippen MR) is 75.9 cm³/mol. The maximum absolute atomic E-state index is 12.4. The molecule has 1 amide bonds. The van der Waals surface area contributed by atoms with E-state index >= 15 is 0 Å². The second kappa shape index (κ2) is 5.95. The Bertz CT molecular complexity index is 649. The lowest BCUT2D eigenvalue weighted by atomic mass is 10.1. The minimum Gasteiger partial charge on any atom is -0.322 e. The number of amides is 1. The first-order valence-corrected chi connectivity index (χ1v) is 6.46. The Balaban J connectivity index is 2.17. The summed E-state index contributed by atoms with van der Waals surface area (Å²) < 4.78 is 37.3. The summed E-state index contributed by atoms with van der Waals surface area (Å²) in [6, 6.07) is 8.36. The van der Waals surface area contributed by atoms with Gasteiger partial charge in [-0.3, -0.25) is 4.79 Å². The summed E-state index contributed by atoms with van der Waals surface area (Å²) in [6.07, 6.45) is -4.44. The van der Waals surface area contributed by atoms with Gasteiger partial charge in [-0.25, -0.2) is 0 Å². The molecule has 0 spiro atoms. The Labute approximate surface area is 128 Å². The Hall–Kier alpha value is -1.72. The molecule has 0 unspecified atom stereocenters. The van der Waals surface area contributed by atoms with Crippen LogP contribution in [0.15, 0.2) is 42.5 Å². The Morgan fingerprint density at radius 2 is 1.48 bits per heavy atom. The van der Waals surface area contributed by atoms with E-state index < -0.39 is 17.6 Å². The second-order valence-electron chi connectivity index (χ2n) is 4.19. The van der Waals surface area contributed by atoms with E-state index in [9.17, 15) is 18.0 Å². The Morgan fingerprint density at radius 3 is 1.95 bits per heavy atom. The molecule has 0 radical (unpaired) electrons. The SMILES string of the molecule is O=C(Nc1cc(Cl)cc(Cl)c1)c1ccc(C(F)(F)F)cc1. The van der Waals surface area contributed by atoms with Gasteiger partial charge in [0.1, 0.15) is 0 Å². The van der Waals surface area contributed by atoms with Crippen LogP contribution in [0.3, 0.4) is 0 Å². The molecule has 0 bridgehead atoms. The van der Waals surface area contributed by atoms with Crippen LogP contribution in [0.25, 0.3) is 0 Å². The molecule has 2 aromatic carbocycles. The van der Waals surface area contributed by atoms with Crippen molar-refractivity contribution in [2.45, 2.75) is 6.18 Å². The summed E-state index contributed by atoms with van der Waals surface area (Å²) in [5, 5.41) is 3.19. The molecule has 0 heterocycles. The highest BCUT2D eigenvalue weighted by atomic mass is 35.5. The molecule has 2 nitrogen and oxygen atoms in total. The van der Waals surface area contributed by atoms with Gasteiger partial charge in [0.2, 0.25) is 0 Å². The maximum Gasteiger partial charge on any atom is 0.416 e. The minimum absolute atomic E-state index is 0.0964. The molecule has 1 N–H and O–H groups in total. The number of nitrogens with one attached hydrogen (secondary N) is 1. The van der Waals surface area contributed by atoms with Gasteiger partial charge in [0.05, 0.1) is 5.56 Å². The van der Waals surface area contributed by atoms with Crippen molar-refractivity contribution in [2.24, 2.45) is 0 Å².